The van der Waals surface area contributed by atoms with Gasteiger partial charge < -0.3 is 9.47 Å². The topological polar surface area (TPSA) is 76.7 Å². The molecule has 23 heavy (non-hydrogen) atoms. The molecule has 0 saturated heterocycles. The highest BCUT2D eigenvalue weighted by Gasteiger charge is 2.14. The van der Waals surface area contributed by atoms with Gasteiger partial charge in [-0.2, -0.15) is 0 Å². The number of carbonyl (C=O) groups excluding carboxylic acids is 2. The van der Waals surface area contributed by atoms with Gasteiger partial charge in [-0.1, -0.05) is 11.6 Å². The smallest absolute Gasteiger partial charge is 0.273 e. The highest BCUT2D eigenvalue weighted by molar-refractivity contribution is 6.30. The Morgan fingerprint density at radius 2 is 1.57 bits per heavy atom. The first-order chi connectivity index (χ1) is 11.0. The fourth-order valence-electron chi connectivity index (χ4n) is 1.84. The summed E-state index contributed by atoms with van der Waals surface area (Å²) in [5.74, 6) is -0.0690. The third-order valence-corrected chi connectivity index (χ3v) is 3.30. The lowest BCUT2D eigenvalue weighted by atomic mass is 10.2. The van der Waals surface area contributed by atoms with Gasteiger partial charge in [-0.25, -0.2) is 0 Å². The number of methoxy groups -OCH3 is 2. The van der Waals surface area contributed by atoms with Gasteiger partial charge in [0.25, 0.3) is 11.8 Å². The molecule has 0 aliphatic carbocycles. The number of amides is 2. The summed E-state index contributed by atoms with van der Waals surface area (Å²) < 4.78 is 10.2. The zero-order valence-corrected chi connectivity index (χ0v) is 13.3. The maximum absolute atomic E-state index is 12.1. The van der Waals surface area contributed by atoms with E-state index in [1.807, 2.05) is 0 Å². The largest absolute Gasteiger partial charge is 0.497 e. The number of rotatable bonds is 4. The zero-order chi connectivity index (χ0) is 16.8. The molecule has 120 valence electrons. The van der Waals surface area contributed by atoms with E-state index in [9.17, 15) is 9.59 Å². The van der Waals surface area contributed by atoms with E-state index in [0.717, 1.165) is 0 Å². The van der Waals surface area contributed by atoms with Crippen molar-refractivity contribution >= 4 is 23.4 Å². The van der Waals surface area contributed by atoms with E-state index in [1.54, 1.807) is 42.5 Å². The minimum Gasteiger partial charge on any atom is -0.497 e. The van der Waals surface area contributed by atoms with Crippen LogP contribution in [-0.4, -0.2) is 26.0 Å². The summed E-state index contributed by atoms with van der Waals surface area (Å²) in [7, 11) is 2.96. The molecule has 0 radical (unpaired) electrons. The summed E-state index contributed by atoms with van der Waals surface area (Å²) in [5, 5.41) is 0.522. The fourth-order valence-corrected chi connectivity index (χ4v) is 1.97. The Morgan fingerprint density at radius 3 is 2.17 bits per heavy atom. The van der Waals surface area contributed by atoms with Crippen LogP contribution >= 0.6 is 11.6 Å². The second-order valence-corrected chi connectivity index (χ2v) is 4.92. The lowest BCUT2D eigenvalue weighted by Crippen LogP contribution is -2.41. The molecule has 0 fully saturated rings. The number of hydrogen-bond donors (Lipinski definition) is 2. The molecule has 0 atom stereocenters. The molecule has 0 bridgehead atoms. The van der Waals surface area contributed by atoms with Gasteiger partial charge in [0.15, 0.2) is 0 Å². The summed E-state index contributed by atoms with van der Waals surface area (Å²) in [6, 6.07) is 11.0. The normalized spacial score (nSPS) is 9.87. The Bertz CT molecular complexity index is 717. The van der Waals surface area contributed by atoms with Crippen LogP contribution in [0.1, 0.15) is 20.7 Å². The van der Waals surface area contributed by atoms with Crippen molar-refractivity contribution in [3.05, 3.63) is 58.6 Å². The number of hydrogen-bond acceptors (Lipinski definition) is 4. The predicted octanol–water partition coefficient (Wildman–Crippen LogP) is 2.43. The molecule has 0 heterocycles. The van der Waals surface area contributed by atoms with Gasteiger partial charge >= 0.3 is 0 Å². The van der Waals surface area contributed by atoms with Crippen LogP contribution in [-0.2, 0) is 0 Å². The molecule has 0 saturated carbocycles. The van der Waals surface area contributed by atoms with Gasteiger partial charge in [0.05, 0.1) is 19.8 Å². The number of nitrogens with one attached hydrogen (secondary N) is 2. The molecule has 2 aromatic carbocycles. The van der Waals surface area contributed by atoms with Crippen molar-refractivity contribution in [3.8, 4) is 11.5 Å². The van der Waals surface area contributed by atoms with Crippen LogP contribution in [0.5, 0.6) is 11.5 Å². The summed E-state index contributed by atoms with van der Waals surface area (Å²) >= 11 is 5.76. The number of benzene rings is 2. The van der Waals surface area contributed by atoms with Gasteiger partial charge in [-0.05, 0) is 36.4 Å². The fraction of sp³-hybridized carbons (Fsp3) is 0.125. The van der Waals surface area contributed by atoms with Crippen LogP contribution in [0.25, 0.3) is 0 Å². The van der Waals surface area contributed by atoms with Gasteiger partial charge in [0.2, 0.25) is 0 Å². The monoisotopic (exact) mass is 334 g/mol. The highest BCUT2D eigenvalue weighted by atomic mass is 35.5. The molecule has 2 aromatic rings. The molecule has 0 aliphatic heterocycles. The van der Waals surface area contributed by atoms with Crippen molar-refractivity contribution in [2.75, 3.05) is 14.2 Å². The number of carbonyl (C=O) groups is 2. The molecule has 2 amide bonds. The Labute approximate surface area is 138 Å². The van der Waals surface area contributed by atoms with Crippen molar-refractivity contribution < 1.29 is 19.1 Å². The van der Waals surface area contributed by atoms with E-state index in [1.165, 1.54) is 14.2 Å². The zero-order valence-electron chi connectivity index (χ0n) is 12.6. The average molecular weight is 335 g/mol. The third kappa shape index (κ3) is 4.14. The van der Waals surface area contributed by atoms with Crippen LogP contribution in [0.2, 0.25) is 5.02 Å². The SMILES string of the molecule is COc1ccc(C(=O)NNC(=O)c2ccc(Cl)cc2)c(OC)c1. The quantitative estimate of drug-likeness (QED) is 0.842. The molecule has 2 rings (SSSR count). The van der Waals surface area contributed by atoms with E-state index >= 15 is 0 Å². The average Bonchev–Trinajstić information content (AvgIpc) is 2.59. The molecule has 6 nitrogen and oxygen atoms in total. The minimum atomic E-state index is -0.508. The standard InChI is InChI=1S/C16H15ClN2O4/c1-22-12-7-8-13(14(9-12)23-2)16(21)19-18-15(20)10-3-5-11(17)6-4-10/h3-9H,1-2H3,(H,18,20)(H,19,21). The molecule has 0 aromatic heterocycles. The highest BCUT2D eigenvalue weighted by Crippen LogP contribution is 2.24. The van der Waals surface area contributed by atoms with Gasteiger partial charge in [-0.15, -0.1) is 0 Å². The molecular formula is C16H15ClN2O4. The van der Waals surface area contributed by atoms with E-state index in [4.69, 9.17) is 21.1 Å². The van der Waals surface area contributed by atoms with E-state index in [2.05, 4.69) is 10.9 Å². The maximum atomic E-state index is 12.1. The lowest BCUT2D eigenvalue weighted by molar-refractivity contribution is 0.0845. The molecule has 0 aliphatic rings. The maximum Gasteiger partial charge on any atom is 0.273 e. The number of ether oxygens (including phenoxy) is 2. The van der Waals surface area contributed by atoms with Crippen molar-refractivity contribution in [2.24, 2.45) is 0 Å². The molecular weight excluding hydrogens is 320 g/mol. The van der Waals surface area contributed by atoms with Crippen LogP contribution < -0.4 is 20.3 Å². The Hall–Kier alpha value is -2.73. The summed E-state index contributed by atoms with van der Waals surface area (Å²) in [6.07, 6.45) is 0. The Morgan fingerprint density at radius 1 is 0.913 bits per heavy atom. The predicted molar refractivity (Wildman–Crippen MR) is 85.9 cm³/mol. The summed E-state index contributed by atoms with van der Waals surface area (Å²) in [4.78, 5) is 24.1. The second kappa shape index (κ2) is 7.51. The van der Waals surface area contributed by atoms with Crippen LogP contribution in [0.15, 0.2) is 42.5 Å². The third-order valence-electron chi connectivity index (χ3n) is 3.05. The molecule has 0 unspecified atom stereocenters. The summed E-state index contributed by atoms with van der Waals surface area (Å²) in [5.41, 5.74) is 5.30. The van der Waals surface area contributed by atoms with Crippen LogP contribution in [0.4, 0.5) is 0 Å². The minimum absolute atomic E-state index is 0.268. The van der Waals surface area contributed by atoms with Crippen molar-refractivity contribution in [1.82, 2.24) is 10.9 Å². The van der Waals surface area contributed by atoms with Crippen molar-refractivity contribution in [3.63, 3.8) is 0 Å². The summed E-state index contributed by atoms with van der Waals surface area (Å²) in [6.45, 7) is 0. The number of halogens is 1. The van der Waals surface area contributed by atoms with Crippen molar-refractivity contribution in [1.29, 1.82) is 0 Å². The van der Waals surface area contributed by atoms with Gasteiger partial charge in [-0.3, -0.25) is 20.4 Å². The van der Waals surface area contributed by atoms with E-state index in [0.29, 0.717) is 22.1 Å². The first-order valence-electron chi connectivity index (χ1n) is 6.63. The lowest BCUT2D eigenvalue weighted by Gasteiger charge is -2.11. The Balaban J connectivity index is 2.04. The van der Waals surface area contributed by atoms with Crippen molar-refractivity contribution in [2.45, 2.75) is 0 Å². The number of hydrazine groups is 1. The van der Waals surface area contributed by atoms with Crippen LogP contribution in [0.3, 0.4) is 0 Å². The van der Waals surface area contributed by atoms with E-state index < -0.39 is 11.8 Å². The molecule has 0 spiro atoms. The second-order valence-electron chi connectivity index (χ2n) is 4.48. The van der Waals surface area contributed by atoms with Gasteiger partial charge in [0, 0.05) is 16.7 Å². The first-order valence-corrected chi connectivity index (χ1v) is 7.01. The first kappa shape index (κ1) is 16.6. The van der Waals surface area contributed by atoms with E-state index in [-0.39, 0.29) is 5.56 Å². The molecule has 7 heteroatoms. The Kier molecular flexibility index (Phi) is 5.43. The van der Waals surface area contributed by atoms with Gasteiger partial charge in [0.1, 0.15) is 11.5 Å². The van der Waals surface area contributed by atoms with Crippen LogP contribution in [0, 0.1) is 0 Å². The molecule has 2 N–H and O–H groups in total.